The molecule has 378 valence electrons. The monoisotopic (exact) mass is 916 g/mol. The summed E-state index contributed by atoms with van der Waals surface area (Å²) in [5.41, 5.74) is -0.932. The molecule has 0 spiro atoms. The van der Waals surface area contributed by atoms with Crippen molar-refractivity contribution < 1.29 is 38.1 Å². The highest BCUT2D eigenvalue weighted by Crippen LogP contribution is 2.22. The molecule has 0 aromatic carbocycles. The molecule has 0 saturated heterocycles. The number of hydrogen-bond donors (Lipinski definition) is 0. The molecule has 65 heavy (non-hydrogen) atoms. The van der Waals surface area contributed by atoms with Gasteiger partial charge in [0.15, 0.2) is 0 Å². The van der Waals surface area contributed by atoms with Crippen LogP contribution < -0.4 is 0 Å². The maximum atomic E-state index is 13.4. The summed E-state index contributed by atoms with van der Waals surface area (Å²) < 4.78 is 23.2. The first-order valence-electron chi connectivity index (χ1n) is 26.8. The molecule has 0 aromatic heterocycles. The molecule has 0 radical (unpaired) electrons. The van der Waals surface area contributed by atoms with Crippen molar-refractivity contribution in [2.45, 2.75) is 252 Å². The average molecular weight is 916 g/mol. The predicted octanol–water partition coefficient (Wildman–Crippen LogP) is 15.1. The van der Waals surface area contributed by atoms with Crippen LogP contribution in [0.3, 0.4) is 0 Å². The van der Waals surface area contributed by atoms with Crippen LogP contribution in [0.4, 0.5) is 0 Å². The molecule has 9 nitrogen and oxygen atoms in total. The van der Waals surface area contributed by atoms with Crippen molar-refractivity contribution in [2.75, 3.05) is 40.5 Å². The Labute approximate surface area is 400 Å². The van der Waals surface area contributed by atoms with Crippen molar-refractivity contribution in [3.63, 3.8) is 0 Å². The van der Waals surface area contributed by atoms with E-state index in [4.69, 9.17) is 18.9 Å². The number of carbonyl (C=O) groups is 4. The van der Waals surface area contributed by atoms with Crippen LogP contribution in [0.1, 0.15) is 246 Å². The van der Waals surface area contributed by atoms with E-state index in [-0.39, 0.29) is 44.1 Å². The van der Waals surface area contributed by atoms with Gasteiger partial charge in [0, 0.05) is 19.3 Å². The minimum absolute atomic E-state index is 0.0395. The lowest BCUT2D eigenvalue weighted by molar-refractivity contribution is -0.162. The lowest BCUT2D eigenvalue weighted by Crippen LogP contribution is -2.37. The molecule has 1 unspecified atom stereocenters. The molecule has 0 saturated carbocycles. The maximum absolute atomic E-state index is 13.4. The lowest BCUT2D eigenvalue weighted by Gasteiger charge is -2.28. The third-order valence-corrected chi connectivity index (χ3v) is 11.7. The maximum Gasteiger partial charge on any atom is 0.309 e. The van der Waals surface area contributed by atoms with E-state index in [0.717, 1.165) is 141 Å². The summed E-state index contributed by atoms with van der Waals surface area (Å²) in [6.45, 7) is 9.20. The van der Waals surface area contributed by atoms with E-state index in [1.54, 1.807) is 0 Å². The van der Waals surface area contributed by atoms with Crippen molar-refractivity contribution in [1.29, 1.82) is 0 Å². The van der Waals surface area contributed by atoms with Gasteiger partial charge < -0.3 is 23.8 Å². The van der Waals surface area contributed by atoms with Crippen molar-refractivity contribution in [3.05, 3.63) is 36.5 Å². The number of unbranched alkanes of at least 4 members (excludes halogenated alkanes) is 22. The second-order valence-corrected chi connectivity index (χ2v) is 19.2. The molecule has 0 N–H and O–H groups in total. The smallest absolute Gasteiger partial charge is 0.309 e. The van der Waals surface area contributed by atoms with Gasteiger partial charge >= 0.3 is 23.9 Å². The van der Waals surface area contributed by atoms with Gasteiger partial charge in [0.05, 0.1) is 11.8 Å². The Kier molecular flexibility index (Phi) is 44.1. The highest BCUT2D eigenvalue weighted by molar-refractivity contribution is 5.73. The van der Waals surface area contributed by atoms with Crippen molar-refractivity contribution in [2.24, 2.45) is 5.41 Å². The lowest BCUT2D eigenvalue weighted by atomic mass is 9.94. The third kappa shape index (κ3) is 44.7. The standard InChI is InChI=1S/C56H101NO8/c1-7-10-13-16-19-22-25-28-31-34-37-42-51(65-54(60)45-40-41-46-57(5)6)47-55(61)64-50-56(4,48-62-52(58)43-38-35-32-29-26-23-20-17-14-11-8-2)49-63-53(59)44-39-36-33-30-27-24-21-18-15-12-9-3/h17-18,20-22,25,51H,7-16,19,23-24,26-50H2,1-6H3/b20-17-,21-18-,25-22-. The zero-order valence-electron chi connectivity index (χ0n) is 43.1. The van der Waals surface area contributed by atoms with Gasteiger partial charge in [-0.1, -0.05) is 147 Å². The molecule has 0 aromatic rings. The molecule has 0 aliphatic heterocycles. The zero-order valence-corrected chi connectivity index (χ0v) is 43.1. The molecule has 9 heteroatoms. The minimum atomic E-state index is -0.932. The highest BCUT2D eigenvalue weighted by Gasteiger charge is 2.31. The summed E-state index contributed by atoms with van der Waals surface area (Å²) in [7, 11) is 4.03. The van der Waals surface area contributed by atoms with Gasteiger partial charge in [0.25, 0.3) is 0 Å². The SMILES string of the molecule is CCCC/C=C\CCCCCCCC(=O)OCC(C)(COC(=O)CCCCCCC/C=C\CCCC)COC(=O)CC(CCCCC/C=C\CCCCCC)OC(=O)CCCCN(C)C. The number of esters is 4. The normalized spacial score (nSPS) is 12.5. The second-order valence-electron chi connectivity index (χ2n) is 19.2. The summed E-state index contributed by atoms with van der Waals surface area (Å²) in [6, 6.07) is 0. The molecular weight excluding hydrogens is 815 g/mol. The number of ether oxygens (including phenoxy) is 4. The van der Waals surface area contributed by atoms with Crippen LogP contribution in [0.2, 0.25) is 0 Å². The molecule has 1 atom stereocenters. The van der Waals surface area contributed by atoms with Crippen LogP contribution in [0.5, 0.6) is 0 Å². The first-order chi connectivity index (χ1) is 31.5. The summed E-state index contributed by atoms with van der Waals surface area (Å²) in [4.78, 5) is 54.1. The van der Waals surface area contributed by atoms with Crippen LogP contribution in [0, 0.1) is 5.41 Å². The zero-order chi connectivity index (χ0) is 47.9. The number of carbonyl (C=O) groups excluding carboxylic acids is 4. The summed E-state index contributed by atoms with van der Waals surface area (Å²) in [5, 5.41) is 0. The molecule has 0 rings (SSSR count). The third-order valence-electron chi connectivity index (χ3n) is 11.7. The van der Waals surface area contributed by atoms with Gasteiger partial charge in [-0.15, -0.1) is 0 Å². The van der Waals surface area contributed by atoms with E-state index < -0.39 is 17.5 Å². The number of rotatable bonds is 47. The van der Waals surface area contributed by atoms with Gasteiger partial charge in [0.1, 0.15) is 25.9 Å². The van der Waals surface area contributed by atoms with Crippen LogP contribution in [-0.2, 0) is 38.1 Å². The van der Waals surface area contributed by atoms with Gasteiger partial charge in [-0.25, -0.2) is 0 Å². The molecule has 0 bridgehead atoms. The Morgan fingerprint density at radius 1 is 0.431 bits per heavy atom. The molecule has 0 aliphatic rings. The van der Waals surface area contributed by atoms with E-state index >= 15 is 0 Å². The second kappa shape index (κ2) is 46.2. The molecule has 0 fully saturated rings. The molecular formula is C56H101NO8. The van der Waals surface area contributed by atoms with Gasteiger partial charge in [-0.2, -0.15) is 0 Å². The highest BCUT2D eigenvalue weighted by atomic mass is 16.6. The summed E-state index contributed by atoms with van der Waals surface area (Å²) in [6.07, 6.45) is 46.0. The van der Waals surface area contributed by atoms with Crippen LogP contribution >= 0.6 is 0 Å². The van der Waals surface area contributed by atoms with E-state index in [9.17, 15) is 19.2 Å². The predicted molar refractivity (Wildman–Crippen MR) is 271 cm³/mol. The Bertz CT molecular complexity index is 1180. The minimum Gasteiger partial charge on any atom is -0.465 e. The van der Waals surface area contributed by atoms with Crippen molar-refractivity contribution in [1.82, 2.24) is 4.90 Å². The number of hydrogen-bond acceptors (Lipinski definition) is 9. The quantitative estimate of drug-likeness (QED) is 0.0255. The Balaban J connectivity index is 5.26. The van der Waals surface area contributed by atoms with Crippen LogP contribution in [0.15, 0.2) is 36.5 Å². The summed E-state index contributed by atoms with van der Waals surface area (Å²) in [5.74, 6) is -1.38. The Morgan fingerprint density at radius 3 is 1.23 bits per heavy atom. The van der Waals surface area contributed by atoms with Crippen LogP contribution in [0.25, 0.3) is 0 Å². The Hall–Kier alpha value is -2.94. The fraction of sp³-hybridized carbons (Fsp3) is 0.821. The average Bonchev–Trinajstić information content (AvgIpc) is 3.28. The fourth-order valence-corrected chi connectivity index (χ4v) is 7.40. The van der Waals surface area contributed by atoms with E-state index in [2.05, 4.69) is 62.1 Å². The first-order valence-corrected chi connectivity index (χ1v) is 26.8. The van der Waals surface area contributed by atoms with E-state index in [0.29, 0.717) is 25.7 Å². The van der Waals surface area contributed by atoms with E-state index in [1.807, 2.05) is 21.0 Å². The van der Waals surface area contributed by atoms with Gasteiger partial charge in [-0.3, -0.25) is 19.2 Å². The molecule has 0 heterocycles. The molecule has 0 amide bonds. The fourth-order valence-electron chi connectivity index (χ4n) is 7.40. The van der Waals surface area contributed by atoms with Crippen molar-refractivity contribution in [3.8, 4) is 0 Å². The molecule has 0 aliphatic carbocycles. The topological polar surface area (TPSA) is 108 Å². The summed E-state index contributed by atoms with van der Waals surface area (Å²) >= 11 is 0. The Morgan fingerprint density at radius 2 is 0.785 bits per heavy atom. The first kappa shape index (κ1) is 62.1. The number of nitrogens with zero attached hydrogens (tertiary/aromatic N) is 1. The largest absolute Gasteiger partial charge is 0.465 e. The van der Waals surface area contributed by atoms with Gasteiger partial charge in [0.2, 0.25) is 0 Å². The van der Waals surface area contributed by atoms with Crippen molar-refractivity contribution >= 4 is 23.9 Å². The van der Waals surface area contributed by atoms with E-state index in [1.165, 1.54) is 51.4 Å². The van der Waals surface area contributed by atoms with Crippen LogP contribution in [-0.4, -0.2) is 75.3 Å². The number of allylic oxidation sites excluding steroid dienone is 6. The van der Waals surface area contributed by atoms with Gasteiger partial charge in [-0.05, 0) is 130 Å².